The van der Waals surface area contributed by atoms with Crippen LogP contribution in [0.15, 0.2) is 35.4 Å². The summed E-state index contributed by atoms with van der Waals surface area (Å²) in [6.07, 6.45) is -0.296. The first-order valence-electron chi connectivity index (χ1n) is 12.7. The van der Waals surface area contributed by atoms with Gasteiger partial charge in [0.15, 0.2) is 0 Å². The maximum atomic E-state index is 13.7. The van der Waals surface area contributed by atoms with Crippen molar-refractivity contribution < 1.29 is 28.7 Å². The van der Waals surface area contributed by atoms with Gasteiger partial charge in [-0.1, -0.05) is 30.3 Å². The molecule has 0 aliphatic carbocycles. The number of hydrazone groups is 1. The van der Waals surface area contributed by atoms with Gasteiger partial charge in [-0.2, -0.15) is 5.10 Å². The third-order valence-electron chi connectivity index (χ3n) is 6.49. The molecule has 2 atom stereocenters. The molecular weight excluding hydrogens is 490 g/mol. The average Bonchev–Trinajstić information content (AvgIpc) is 3.04. The first kappa shape index (κ1) is 29.1. The van der Waals surface area contributed by atoms with Crippen LogP contribution in [-0.2, 0) is 30.5 Å². The number of carbonyl (C=O) groups is 4. The molecule has 1 saturated heterocycles. The zero-order chi connectivity index (χ0) is 28.3. The number of alkyl carbamates (subject to hydrolysis) is 1. The number of piperidine rings is 1. The Morgan fingerprint density at radius 2 is 1.79 bits per heavy atom. The summed E-state index contributed by atoms with van der Waals surface area (Å²) in [4.78, 5) is 53.6. The number of rotatable bonds is 8. The Bertz CT molecular complexity index is 1100. The number of ether oxygens (including phenoxy) is 2. The summed E-state index contributed by atoms with van der Waals surface area (Å²) in [7, 11) is 1.60. The topological polar surface area (TPSA) is 130 Å². The highest BCUT2D eigenvalue weighted by Crippen LogP contribution is 2.34. The van der Waals surface area contributed by atoms with Crippen molar-refractivity contribution in [3.8, 4) is 0 Å². The van der Waals surface area contributed by atoms with Gasteiger partial charge in [0.25, 0.3) is 5.91 Å². The molecule has 0 radical (unpaired) electrons. The van der Waals surface area contributed by atoms with E-state index in [0.29, 0.717) is 13.0 Å². The van der Waals surface area contributed by atoms with Crippen molar-refractivity contribution >= 4 is 29.5 Å². The summed E-state index contributed by atoms with van der Waals surface area (Å²) >= 11 is 0. The summed E-state index contributed by atoms with van der Waals surface area (Å²) in [5.41, 5.74) is -1.35. The Hall–Kier alpha value is -3.47. The molecule has 11 nitrogen and oxygen atoms in total. The van der Waals surface area contributed by atoms with E-state index in [1.165, 1.54) is 18.9 Å². The maximum absolute atomic E-state index is 13.7. The SMILES string of the molecule is CN1N=C2CCN(C(=O)[C@@H](COCc3ccccc3)NC(=O)C(C)(C)NC(=O)OC(C)(C)C)C[C@]2(C)C1=O. The van der Waals surface area contributed by atoms with E-state index < -0.39 is 34.6 Å². The number of carbonyl (C=O) groups excluding carboxylic acids is 4. The van der Waals surface area contributed by atoms with Crippen molar-refractivity contribution in [2.75, 3.05) is 26.7 Å². The van der Waals surface area contributed by atoms with Gasteiger partial charge >= 0.3 is 6.09 Å². The maximum Gasteiger partial charge on any atom is 0.408 e. The number of fused-ring (bicyclic) bond motifs is 1. The predicted molar refractivity (Wildman–Crippen MR) is 141 cm³/mol. The molecule has 1 aromatic carbocycles. The quantitative estimate of drug-likeness (QED) is 0.530. The summed E-state index contributed by atoms with van der Waals surface area (Å²) in [5, 5.41) is 11.0. The molecule has 38 heavy (non-hydrogen) atoms. The summed E-state index contributed by atoms with van der Waals surface area (Å²) in [6, 6.07) is 8.43. The minimum atomic E-state index is -1.38. The van der Waals surface area contributed by atoms with Gasteiger partial charge in [-0.3, -0.25) is 14.4 Å². The van der Waals surface area contributed by atoms with Gasteiger partial charge < -0.3 is 25.0 Å². The van der Waals surface area contributed by atoms with Gasteiger partial charge in [0.2, 0.25) is 11.8 Å². The predicted octanol–water partition coefficient (Wildman–Crippen LogP) is 2.06. The summed E-state index contributed by atoms with van der Waals surface area (Å²) in [5.74, 6) is -1.12. The third-order valence-corrected chi connectivity index (χ3v) is 6.49. The Morgan fingerprint density at radius 1 is 1.13 bits per heavy atom. The van der Waals surface area contributed by atoms with Crippen molar-refractivity contribution in [2.24, 2.45) is 10.5 Å². The van der Waals surface area contributed by atoms with Crippen LogP contribution in [0.4, 0.5) is 4.79 Å². The van der Waals surface area contributed by atoms with E-state index in [1.54, 1.807) is 39.6 Å². The Labute approximate surface area is 223 Å². The number of nitrogens with one attached hydrogen (secondary N) is 2. The summed E-state index contributed by atoms with van der Waals surface area (Å²) < 4.78 is 11.1. The second-order valence-electron chi connectivity index (χ2n) is 11.5. The Morgan fingerprint density at radius 3 is 2.42 bits per heavy atom. The van der Waals surface area contributed by atoms with Gasteiger partial charge in [0.1, 0.15) is 22.6 Å². The van der Waals surface area contributed by atoms with E-state index >= 15 is 0 Å². The van der Waals surface area contributed by atoms with Crippen LogP contribution in [0.2, 0.25) is 0 Å². The van der Waals surface area contributed by atoms with Gasteiger partial charge in [0.05, 0.1) is 18.9 Å². The second kappa shape index (κ2) is 11.1. The second-order valence-corrected chi connectivity index (χ2v) is 11.5. The van der Waals surface area contributed by atoms with Gasteiger partial charge in [-0.15, -0.1) is 0 Å². The fourth-order valence-corrected chi connectivity index (χ4v) is 4.41. The lowest BCUT2D eigenvalue weighted by molar-refractivity contribution is -0.143. The number of benzene rings is 1. The number of nitrogens with zero attached hydrogens (tertiary/aromatic N) is 3. The van der Waals surface area contributed by atoms with Crippen LogP contribution in [0.3, 0.4) is 0 Å². The summed E-state index contributed by atoms with van der Waals surface area (Å²) in [6.45, 7) is 10.7. The van der Waals surface area contributed by atoms with E-state index in [1.807, 2.05) is 30.3 Å². The molecule has 0 unspecified atom stereocenters. The third kappa shape index (κ3) is 6.89. The van der Waals surface area contributed by atoms with Crippen LogP contribution in [-0.4, -0.2) is 83.4 Å². The molecule has 2 N–H and O–H groups in total. The minimum Gasteiger partial charge on any atom is -0.444 e. The molecule has 0 spiro atoms. The van der Waals surface area contributed by atoms with E-state index in [0.717, 1.165) is 11.3 Å². The van der Waals surface area contributed by atoms with E-state index in [4.69, 9.17) is 9.47 Å². The smallest absolute Gasteiger partial charge is 0.408 e. The van der Waals surface area contributed by atoms with Crippen LogP contribution in [0, 0.1) is 5.41 Å². The number of hydrogen-bond donors (Lipinski definition) is 2. The van der Waals surface area contributed by atoms with Crippen molar-refractivity contribution in [3.05, 3.63) is 35.9 Å². The number of likely N-dealkylation sites (tertiary alicyclic amines) is 1. The molecule has 0 bridgehead atoms. The molecule has 208 valence electrons. The monoisotopic (exact) mass is 529 g/mol. The van der Waals surface area contributed by atoms with Crippen molar-refractivity contribution in [1.82, 2.24) is 20.5 Å². The van der Waals surface area contributed by atoms with Crippen molar-refractivity contribution in [1.29, 1.82) is 0 Å². The first-order valence-corrected chi connectivity index (χ1v) is 12.7. The molecule has 0 aromatic heterocycles. The van der Waals surface area contributed by atoms with Crippen molar-refractivity contribution in [3.63, 3.8) is 0 Å². The van der Waals surface area contributed by atoms with E-state index in [9.17, 15) is 19.2 Å². The van der Waals surface area contributed by atoms with Gasteiger partial charge in [-0.05, 0) is 47.1 Å². The molecule has 1 fully saturated rings. The minimum absolute atomic E-state index is 0.0933. The highest BCUT2D eigenvalue weighted by molar-refractivity contribution is 6.13. The molecular formula is C27H39N5O6. The lowest BCUT2D eigenvalue weighted by Gasteiger charge is -2.38. The molecule has 2 aliphatic rings. The zero-order valence-electron chi connectivity index (χ0n) is 23.3. The van der Waals surface area contributed by atoms with Crippen LogP contribution in [0.1, 0.15) is 53.5 Å². The molecule has 2 heterocycles. The Balaban J connectivity index is 1.73. The molecule has 2 aliphatic heterocycles. The Kier molecular flexibility index (Phi) is 8.50. The number of amides is 4. The fraction of sp³-hybridized carbons (Fsp3) is 0.593. The van der Waals surface area contributed by atoms with Gasteiger partial charge in [0, 0.05) is 26.6 Å². The highest BCUT2D eigenvalue weighted by Gasteiger charge is 2.50. The molecule has 11 heteroatoms. The normalized spacial score (nSPS) is 20.4. The fourth-order valence-electron chi connectivity index (χ4n) is 4.41. The van der Waals surface area contributed by atoms with Crippen LogP contribution < -0.4 is 10.6 Å². The van der Waals surface area contributed by atoms with Crippen LogP contribution in [0.5, 0.6) is 0 Å². The van der Waals surface area contributed by atoms with E-state index in [-0.39, 0.29) is 31.6 Å². The first-order chi connectivity index (χ1) is 17.6. The molecule has 0 saturated carbocycles. The lowest BCUT2D eigenvalue weighted by atomic mass is 9.79. The van der Waals surface area contributed by atoms with Crippen LogP contribution in [0.25, 0.3) is 0 Å². The van der Waals surface area contributed by atoms with E-state index in [2.05, 4.69) is 15.7 Å². The number of hydrogen-bond acceptors (Lipinski definition) is 7. The molecule has 3 rings (SSSR count). The van der Waals surface area contributed by atoms with Crippen LogP contribution >= 0.6 is 0 Å². The molecule has 1 aromatic rings. The largest absolute Gasteiger partial charge is 0.444 e. The average molecular weight is 530 g/mol. The highest BCUT2D eigenvalue weighted by atomic mass is 16.6. The standard InChI is InChI=1S/C27H39N5O6/c1-25(2,3)38-24(36)29-26(4,5)22(34)28-19(16-37-15-18-11-9-8-10-12-18)21(33)32-14-13-20-27(6,17-32)23(35)31(7)30-20/h8-12,19H,13-17H2,1-7H3,(H,28,34)(H,29,36)/t19-,27+/m1/s1. The van der Waals surface area contributed by atoms with Crippen molar-refractivity contribution in [2.45, 2.75) is 71.8 Å². The molecule has 4 amide bonds. The zero-order valence-corrected chi connectivity index (χ0v) is 23.3. The van der Waals surface area contributed by atoms with Gasteiger partial charge in [-0.25, -0.2) is 9.80 Å². The lowest BCUT2D eigenvalue weighted by Crippen LogP contribution is -2.62.